The molecular formula is C12H10N2O7S2. The van der Waals surface area contributed by atoms with Crippen LogP contribution in [0.15, 0.2) is 58.3 Å². The predicted octanol–water partition coefficient (Wildman–Crippen LogP) is 1.64. The van der Waals surface area contributed by atoms with Gasteiger partial charge in [-0.25, -0.2) is 8.42 Å². The Morgan fingerprint density at radius 1 is 1.00 bits per heavy atom. The third-order valence-corrected chi connectivity index (χ3v) is 5.01. The predicted molar refractivity (Wildman–Crippen MR) is 80.2 cm³/mol. The van der Waals surface area contributed by atoms with Gasteiger partial charge in [0.1, 0.15) is 0 Å². The molecule has 0 atom stereocenters. The molecule has 0 fully saturated rings. The summed E-state index contributed by atoms with van der Waals surface area (Å²) in [6, 6.07) is 9.11. The molecule has 0 saturated heterocycles. The molecule has 0 bridgehead atoms. The normalized spacial score (nSPS) is 11.9. The standard InChI is InChI=1S/C12H10N2O7S2/c15-14(16)11-6-1-2-7-12(11)22(17,18)13-9-4-3-5-10(8-9)23(19,20)21/h1-8,13H,(H,19,20,21). The molecule has 11 heteroatoms. The second-order valence-corrected chi connectivity index (χ2v) is 7.41. The Hall–Kier alpha value is -2.50. The highest BCUT2D eigenvalue weighted by Gasteiger charge is 2.25. The van der Waals surface area contributed by atoms with E-state index in [1.165, 1.54) is 24.3 Å². The van der Waals surface area contributed by atoms with Gasteiger partial charge in [-0.1, -0.05) is 18.2 Å². The highest BCUT2D eigenvalue weighted by Crippen LogP contribution is 2.26. The third-order valence-electron chi connectivity index (χ3n) is 2.74. The van der Waals surface area contributed by atoms with Gasteiger partial charge in [0, 0.05) is 6.07 Å². The Morgan fingerprint density at radius 2 is 1.65 bits per heavy atom. The van der Waals surface area contributed by atoms with Crippen LogP contribution in [0.25, 0.3) is 0 Å². The maximum atomic E-state index is 12.3. The van der Waals surface area contributed by atoms with E-state index < -0.39 is 40.5 Å². The summed E-state index contributed by atoms with van der Waals surface area (Å²) in [4.78, 5) is 8.98. The number of nitrogens with one attached hydrogen (secondary N) is 1. The number of nitro groups is 1. The van der Waals surface area contributed by atoms with Crippen LogP contribution in [0, 0.1) is 10.1 Å². The summed E-state index contributed by atoms with van der Waals surface area (Å²) in [6.07, 6.45) is 0. The Balaban J connectivity index is 2.46. The van der Waals surface area contributed by atoms with Gasteiger partial charge >= 0.3 is 0 Å². The lowest BCUT2D eigenvalue weighted by Crippen LogP contribution is -2.15. The second kappa shape index (κ2) is 5.95. The molecule has 0 radical (unpaired) electrons. The fraction of sp³-hybridized carbons (Fsp3) is 0. The zero-order chi connectivity index (χ0) is 17.3. The first-order chi connectivity index (χ1) is 10.6. The van der Waals surface area contributed by atoms with Crippen LogP contribution in [0.1, 0.15) is 0 Å². The van der Waals surface area contributed by atoms with E-state index in [2.05, 4.69) is 0 Å². The average Bonchev–Trinajstić information content (AvgIpc) is 2.46. The molecule has 0 spiro atoms. The molecule has 2 N–H and O–H groups in total. The van der Waals surface area contributed by atoms with Crippen molar-refractivity contribution in [2.45, 2.75) is 9.79 Å². The van der Waals surface area contributed by atoms with Crippen LogP contribution in [-0.2, 0) is 20.1 Å². The van der Waals surface area contributed by atoms with Gasteiger partial charge in [-0.15, -0.1) is 0 Å². The molecular weight excluding hydrogens is 348 g/mol. The maximum Gasteiger partial charge on any atom is 0.294 e. The van der Waals surface area contributed by atoms with Gasteiger partial charge in [0.05, 0.1) is 15.5 Å². The van der Waals surface area contributed by atoms with E-state index in [4.69, 9.17) is 4.55 Å². The Labute approximate surface area is 131 Å². The van der Waals surface area contributed by atoms with Gasteiger partial charge in [-0.05, 0) is 24.3 Å². The summed E-state index contributed by atoms with van der Waals surface area (Å²) in [7, 11) is -8.83. The Kier molecular flexibility index (Phi) is 4.36. The summed E-state index contributed by atoms with van der Waals surface area (Å²) in [5.74, 6) is 0. The van der Waals surface area contributed by atoms with Gasteiger partial charge in [-0.2, -0.15) is 8.42 Å². The van der Waals surface area contributed by atoms with Crippen molar-refractivity contribution in [3.8, 4) is 0 Å². The largest absolute Gasteiger partial charge is 0.294 e. The number of benzene rings is 2. The molecule has 122 valence electrons. The molecule has 0 aliphatic rings. The molecule has 0 aliphatic carbocycles. The number of para-hydroxylation sites is 1. The van der Waals surface area contributed by atoms with Gasteiger partial charge in [0.2, 0.25) is 0 Å². The first kappa shape index (κ1) is 16.9. The van der Waals surface area contributed by atoms with E-state index in [1.807, 2.05) is 4.72 Å². The van der Waals surface area contributed by atoms with Crippen molar-refractivity contribution in [2.75, 3.05) is 4.72 Å². The number of nitrogens with zero attached hydrogens (tertiary/aromatic N) is 1. The molecule has 23 heavy (non-hydrogen) atoms. The number of nitro benzene ring substituents is 1. The molecule has 2 aromatic carbocycles. The second-order valence-electron chi connectivity index (χ2n) is 4.33. The van der Waals surface area contributed by atoms with Crippen molar-refractivity contribution in [3.05, 3.63) is 58.6 Å². The molecule has 2 rings (SSSR count). The fourth-order valence-electron chi connectivity index (χ4n) is 1.77. The van der Waals surface area contributed by atoms with Crippen LogP contribution in [0.2, 0.25) is 0 Å². The van der Waals surface area contributed by atoms with E-state index in [0.717, 1.165) is 24.3 Å². The first-order valence-electron chi connectivity index (χ1n) is 5.95. The summed E-state index contributed by atoms with van der Waals surface area (Å²) in [6.45, 7) is 0. The lowest BCUT2D eigenvalue weighted by Gasteiger charge is -2.09. The van der Waals surface area contributed by atoms with Gasteiger partial charge in [-0.3, -0.25) is 19.4 Å². The highest BCUT2D eigenvalue weighted by atomic mass is 32.2. The van der Waals surface area contributed by atoms with Gasteiger partial charge in [0.25, 0.3) is 25.8 Å². The molecule has 2 aromatic rings. The minimum Gasteiger partial charge on any atom is -0.282 e. The van der Waals surface area contributed by atoms with Crippen molar-refractivity contribution in [2.24, 2.45) is 0 Å². The van der Waals surface area contributed by atoms with E-state index >= 15 is 0 Å². The van der Waals surface area contributed by atoms with Crippen molar-refractivity contribution in [3.63, 3.8) is 0 Å². The molecule has 0 heterocycles. The summed E-state index contributed by atoms with van der Waals surface area (Å²) in [5, 5.41) is 10.9. The number of rotatable bonds is 5. The van der Waals surface area contributed by atoms with Crippen LogP contribution in [0.3, 0.4) is 0 Å². The highest BCUT2D eigenvalue weighted by molar-refractivity contribution is 7.92. The van der Waals surface area contributed by atoms with Crippen LogP contribution in [-0.4, -0.2) is 26.3 Å². The summed E-state index contributed by atoms with van der Waals surface area (Å²) in [5.41, 5.74) is -0.788. The zero-order valence-corrected chi connectivity index (χ0v) is 12.9. The van der Waals surface area contributed by atoms with Crippen LogP contribution >= 0.6 is 0 Å². The van der Waals surface area contributed by atoms with Crippen molar-refractivity contribution in [1.82, 2.24) is 0 Å². The quantitative estimate of drug-likeness (QED) is 0.469. The minimum atomic E-state index is -4.51. The smallest absolute Gasteiger partial charge is 0.282 e. The van der Waals surface area contributed by atoms with Crippen molar-refractivity contribution >= 4 is 31.5 Å². The molecule has 0 amide bonds. The lowest BCUT2D eigenvalue weighted by molar-refractivity contribution is -0.387. The molecule has 0 unspecified atom stereocenters. The number of sulfonamides is 1. The summed E-state index contributed by atoms with van der Waals surface area (Å²) >= 11 is 0. The molecule has 0 aromatic heterocycles. The van der Waals surface area contributed by atoms with E-state index in [9.17, 15) is 26.9 Å². The minimum absolute atomic E-state index is 0.168. The van der Waals surface area contributed by atoms with Crippen LogP contribution < -0.4 is 4.72 Å². The lowest BCUT2D eigenvalue weighted by atomic mass is 10.3. The summed E-state index contributed by atoms with van der Waals surface area (Å²) < 4.78 is 57.6. The van der Waals surface area contributed by atoms with Crippen LogP contribution in [0.5, 0.6) is 0 Å². The first-order valence-corrected chi connectivity index (χ1v) is 8.87. The SMILES string of the molecule is O=[N+]([O-])c1ccccc1S(=O)(=O)Nc1cccc(S(=O)(=O)O)c1. The molecule has 0 aliphatic heterocycles. The van der Waals surface area contributed by atoms with Crippen molar-refractivity contribution in [1.29, 1.82) is 0 Å². The maximum absolute atomic E-state index is 12.3. The van der Waals surface area contributed by atoms with E-state index in [1.54, 1.807) is 0 Å². The monoisotopic (exact) mass is 358 g/mol. The Morgan fingerprint density at radius 3 is 2.26 bits per heavy atom. The molecule has 9 nitrogen and oxygen atoms in total. The Bertz CT molecular complexity index is 968. The van der Waals surface area contributed by atoms with Crippen molar-refractivity contribution < 1.29 is 26.3 Å². The topological polar surface area (TPSA) is 144 Å². The number of hydrogen-bond donors (Lipinski definition) is 2. The van der Waals surface area contributed by atoms with Gasteiger partial charge in [0.15, 0.2) is 4.90 Å². The van der Waals surface area contributed by atoms with E-state index in [0.29, 0.717) is 0 Å². The number of anilines is 1. The fourth-order valence-corrected chi connectivity index (χ4v) is 3.51. The van der Waals surface area contributed by atoms with Gasteiger partial charge < -0.3 is 0 Å². The van der Waals surface area contributed by atoms with E-state index in [-0.39, 0.29) is 5.69 Å². The third kappa shape index (κ3) is 3.83. The van der Waals surface area contributed by atoms with Crippen LogP contribution in [0.4, 0.5) is 11.4 Å². The zero-order valence-electron chi connectivity index (χ0n) is 11.3. The average molecular weight is 358 g/mol. The molecule has 0 saturated carbocycles. The number of hydrogen-bond acceptors (Lipinski definition) is 6.